The Morgan fingerprint density at radius 1 is 1.17 bits per heavy atom. The Kier molecular flexibility index (Phi) is 2.68. The lowest BCUT2D eigenvalue weighted by atomic mass is 10.1. The summed E-state index contributed by atoms with van der Waals surface area (Å²) in [5, 5.41) is 0. The number of rotatable bonds is 2. The molecule has 0 aliphatic carbocycles. The minimum Gasteiger partial charge on any atom is -0.287 e. The monoisotopic (exact) mass is 301 g/mol. The van der Waals surface area contributed by atoms with Gasteiger partial charge in [0.15, 0.2) is 0 Å². The Hall–Kier alpha value is -2.01. The number of halogens is 1. The van der Waals surface area contributed by atoms with Crippen molar-refractivity contribution in [2.24, 2.45) is 0 Å². The van der Waals surface area contributed by atoms with Gasteiger partial charge in [-0.3, -0.25) is 9.20 Å². The van der Waals surface area contributed by atoms with Crippen LogP contribution >= 0.6 is 15.9 Å². The summed E-state index contributed by atoms with van der Waals surface area (Å²) < 4.78 is 2.63. The molecule has 0 bridgehead atoms. The SMILES string of the molecule is O=C(c1ccc(Br)cc1)c1cnc2ncccn12. The third-order valence-corrected chi connectivity index (χ3v) is 3.16. The van der Waals surface area contributed by atoms with E-state index in [2.05, 4.69) is 25.9 Å². The molecule has 0 saturated carbocycles. The highest BCUT2D eigenvalue weighted by Crippen LogP contribution is 2.14. The summed E-state index contributed by atoms with van der Waals surface area (Å²) in [6.45, 7) is 0. The van der Waals surface area contributed by atoms with Crippen LogP contribution in [0.4, 0.5) is 0 Å². The fourth-order valence-electron chi connectivity index (χ4n) is 1.74. The molecule has 0 spiro atoms. The molecule has 3 aromatic rings. The number of nitrogens with zero attached hydrogens (tertiary/aromatic N) is 3. The van der Waals surface area contributed by atoms with Gasteiger partial charge in [0.05, 0.1) is 6.20 Å². The van der Waals surface area contributed by atoms with Crippen LogP contribution in [-0.4, -0.2) is 20.2 Å². The summed E-state index contributed by atoms with van der Waals surface area (Å²) >= 11 is 3.34. The van der Waals surface area contributed by atoms with Gasteiger partial charge in [0.2, 0.25) is 11.6 Å². The molecule has 2 aromatic heterocycles. The minimum atomic E-state index is -0.0667. The van der Waals surface area contributed by atoms with Gasteiger partial charge in [-0.15, -0.1) is 0 Å². The second kappa shape index (κ2) is 4.34. The Labute approximate surface area is 111 Å². The lowest BCUT2D eigenvalue weighted by Gasteiger charge is -2.01. The van der Waals surface area contributed by atoms with E-state index in [1.807, 2.05) is 12.1 Å². The van der Waals surface area contributed by atoms with Crippen LogP contribution in [0, 0.1) is 0 Å². The van der Waals surface area contributed by atoms with E-state index in [0.717, 1.165) is 4.47 Å². The number of ketones is 1. The molecule has 0 aliphatic heterocycles. The average molecular weight is 302 g/mol. The van der Waals surface area contributed by atoms with Crippen molar-refractivity contribution in [1.82, 2.24) is 14.4 Å². The smallest absolute Gasteiger partial charge is 0.234 e. The molecule has 0 saturated heterocycles. The lowest BCUT2D eigenvalue weighted by molar-refractivity contribution is 0.103. The van der Waals surface area contributed by atoms with E-state index < -0.39 is 0 Å². The zero-order chi connectivity index (χ0) is 12.5. The van der Waals surface area contributed by atoms with Gasteiger partial charge in [0, 0.05) is 22.4 Å². The van der Waals surface area contributed by atoms with Crippen LogP contribution in [0.1, 0.15) is 16.1 Å². The summed E-state index contributed by atoms with van der Waals surface area (Å²) in [7, 11) is 0. The van der Waals surface area contributed by atoms with Gasteiger partial charge in [-0.25, -0.2) is 9.97 Å². The van der Waals surface area contributed by atoms with E-state index >= 15 is 0 Å². The molecule has 0 aliphatic rings. The zero-order valence-corrected chi connectivity index (χ0v) is 10.8. The predicted molar refractivity (Wildman–Crippen MR) is 70.6 cm³/mol. The van der Waals surface area contributed by atoms with Crippen molar-refractivity contribution in [2.45, 2.75) is 0 Å². The van der Waals surface area contributed by atoms with Gasteiger partial charge in [0.25, 0.3) is 0 Å². The molecule has 0 unspecified atom stereocenters. The van der Waals surface area contributed by atoms with Gasteiger partial charge in [0.1, 0.15) is 5.69 Å². The number of aromatic nitrogens is 3. The van der Waals surface area contributed by atoms with Crippen molar-refractivity contribution in [1.29, 1.82) is 0 Å². The van der Waals surface area contributed by atoms with Crippen LogP contribution in [-0.2, 0) is 0 Å². The van der Waals surface area contributed by atoms with Gasteiger partial charge in [-0.1, -0.05) is 15.9 Å². The number of hydrogen-bond acceptors (Lipinski definition) is 3. The topological polar surface area (TPSA) is 47.3 Å². The first-order chi connectivity index (χ1) is 8.75. The summed E-state index contributed by atoms with van der Waals surface area (Å²) in [5.41, 5.74) is 1.14. The molecule has 0 amide bonds. The molecule has 18 heavy (non-hydrogen) atoms. The van der Waals surface area contributed by atoms with E-state index in [0.29, 0.717) is 17.0 Å². The molecule has 2 heterocycles. The Balaban J connectivity index is 2.09. The van der Waals surface area contributed by atoms with Crippen LogP contribution in [0.3, 0.4) is 0 Å². The molecule has 3 rings (SSSR count). The minimum absolute atomic E-state index is 0.0667. The zero-order valence-electron chi connectivity index (χ0n) is 9.25. The predicted octanol–water partition coefficient (Wildman–Crippen LogP) is 2.72. The number of benzene rings is 1. The van der Waals surface area contributed by atoms with E-state index in [1.165, 1.54) is 0 Å². The maximum Gasteiger partial charge on any atom is 0.234 e. The van der Waals surface area contributed by atoms with Crippen molar-refractivity contribution in [3.05, 3.63) is 64.7 Å². The quantitative estimate of drug-likeness (QED) is 0.684. The third kappa shape index (κ3) is 1.82. The molecule has 0 radical (unpaired) electrons. The highest BCUT2D eigenvalue weighted by Gasteiger charge is 2.14. The number of imidazole rings is 1. The molecular formula is C13H8BrN3O. The number of hydrogen-bond donors (Lipinski definition) is 0. The number of carbonyl (C=O) groups excluding carboxylic acids is 1. The molecule has 0 N–H and O–H groups in total. The second-order valence-corrected chi connectivity index (χ2v) is 4.68. The van der Waals surface area contributed by atoms with E-state index in [9.17, 15) is 4.79 Å². The van der Waals surface area contributed by atoms with Crippen molar-refractivity contribution in [3.8, 4) is 0 Å². The molecule has 1 aromatic carbocycles. The van der Waals surface area contributed by atoms with Crippen LogP contribution < -0.4 is 0 Å². The van der Waals surface area contributed by atoms with Crippen LogP contribution in [0.2, 0.25) is 0 Å². The first-order valence-corrected chi connectivity index (χ1v) is 6.13. The summed E-state index contributed by atoms with van der Waals surface area (Å²) in [5.74, 6) is 0.459. The number of fused-ring (bicyclic) bond motifs is 1. The van der Waals surface area contributed by atoms with Gasteiger partial charge in [-0.2, -0.15) is 0 Å². The Bertz CT molecular complexity index is 718. The summed E-state index contributed by atoms with van der Waals surface area (Å²) in [6.07, 6.45) is 4.98. The fraction of sp³-hybridized carbons (Fsp3) is 0. The van der Waals surface area contributed by atoms with Gasteiger partial charge < -0.3 is 0 Å². The molecule has 0 fully saturated rings. The molecule has 0 atom stereocenters. The Morgan fingerprint density at radius 2 is 1.94 bits per heavy atom. The molecular weight excluding hydrogens is 294 g/mol. The van der Waals surface area contributed by atoms with Crippen LogP contribution in [0.5, 0.6) is 0 Å². The normalized spacial score (nSPS) is 10.7. The van der Waals surface area contributed by atoms with E-state index in [1.54, 1.807) is 41.2 Å². The van der Waals surface area contributed by atoms with E-state index in [4.69, 9.17) is 0 Å². The van der Waals surface area contributed by atoms with Gasteiger partial charge >= 0.3 is 0 Å². The third-order valence-electron chi connectivity index (χ3n) is 2.63. The van der Waals surface area contributed by atoms with Crippen LogP contribution in [0.25, 0.3) is 5.78 Å². The molecule has 5 heteroatoms. The highest BCUT2D eigenvalue weighted by atomic mass is 79.9. The Morgan fingerprint density at radius 3 is 2.72 bits per heavy atom. The van der Waals surface area contributed by atoms with Crippen molar-refractivity contribution < 1.29 is 4.79 Å². The first-order valence-electron chi connectivity index (χ1n) is 5.34. The first kappa shape index (κ1) is 11.1. The average Bonchev–Trinajstić information content (AvgIpc) is 2.82. The summed E-state index contributed by atoms with van der Waals surface area (Å²) in [6, 6.07) is 9.01. The van der Waals surface area contributed by atoms with Crippen LogP contribution in [0.15, 0.2) is 53.4 Å². The van der Waals surface area contributed by atoms with Crippen molar-refractivity contribution >= 4 is 27.5 Å². The maximum absolute atomic E-state index is 12.3. The molecule has 88 valence electrons. The highest BCUT2D eigenvalue weighted by molar-refractivity contribution is 9.10. The summed E-state index contributed by atoms with van der Waals surface area (Å²) in [4.78, 5) is 20.5. The molecule has 4 nitrogen and oxygen atoms in total. The fourth-order valence-corrected chi connectivity index (χ4v) is 2.01. The maximum atomic E-state index is 12.3. The van der Waals surface area contributed by atoms with Crippen molar-refractivity contribution in [2.75, 3.05) is 0 Å². The number of carbonyl (C=O) groups is 1. The van der Waals surface area contributed by atoms with E-state index in [-0.39, 0.29) is 5.78 Å². The standard InChI is InChI=1S/C13H8BrN3O/c14-10-4-2-9(3-5-10)12(18)11-8-16-13-15-6-1-7-17(11)13/h1-8H. The lowest BCUT2D eigenvalue weighted by Crippen LogP contribution is -2.05. The largest absolute Gasteiger partial charge is 0.287 e. The second-order valence-electron chi connectivity index (χ2n) is 3.77. The van der Waals surface area contributed by atoms with Gasteiger partial charge in [-0.05, 0) is 30.3 Å². The van der Waals surface area contributed by atoms with Crippen molar-refractivity contribution in [3.63, 3.8) is 0 Å².